The molecule has 0 unspecified atom stereocenters. The van der Waals surface area contributed by atoms with E-state index in [1.807, 2.05) is 23.9 Å². The number of anilines is 2. The van der Waals surface area contributed by atoms with Crippen molar-refractivity contribution in [3.63, 3.8) is 0 Å². The molecule has 0 radical (unpaired) electrons. The summed E-state index contributed by atoms with van der Waals surface area (Å²) in [5.74, 6) is 8.56. The maximum Gasteiger partial charge on any atom is 0.406 e. The van der Waals surface area contributed by atoms with E-state index < -0.39 is 12.7 Å². The zero-order valence-corrected chi connectivity index (χ0v) is 25.3. The van der Waals surface area contributed by atoms with Crippen LogP contribution in [0.3, 0.4) is 0 Å². The normalized spacial score (nSPS) is 19.4. The Hall–Kier alpha value is -3.49. The van der Waals surface area contributed by atoms with Gasteiger partial charge in [-0.3, -0.25) is 9.69 Å². The molecule has 7 nitrogen and oxygen atoms in total. The van der Waals surface area contributed by atoms with Crippen LogP contribution in [0.1, 0.15) is 41.7 Å². The summed E-state index contributed by atoms with van der Waals surface area (Å²) in [5, 5.41) is 10.1. The summed E-state index contributed by atoms with van der Waals surface area (Å²) in [5.41, 5.74) is 2.73. The maximum absolute atomic E-state index is 13.7. The number of amides is 1. The Bertz CT molecular complexity index is 1480. The van der Waals surface area contributed by atoms with Crippen LogP contribution < -0.4 is 20.7 Å². The number of halogens is 3. The number of nitrogens with zero attached hydrogens (tertiary/aromatic N) is 2. The van der Waals surface area contributed by atoms with E-state index in [1.165, 1.54) is 23.2 Å². The van der Waals surface area contributed by atoms with Crippen LogP contribution in [0.15, 0.2) is 42.5 Å². The second-order valence-electron chi connectivity index (χ2n) is 10.9. The van der Waals surface area contributed by atoms with E-state index in [-0.39, 0.29) is 18.5 Å². The molecule has 3 N–H and O–H groups in total. The Kier molecular flexibility index (Phi) is 9.98. The lowest BCUT2D eigenvalue weighted by Crippen LogP contribution is -2.44. The minimum Gasteiger partial charge on any atom is -0.495 e. The summed E-state index contributed by atoms with van der Waals surface area (Å²) in [6.45, 7) is 1.38. The number of methoxy groups -OCH3 is 1. The summed E-state index contributed by atoms with van der Waals surface area (Å²) < 4.78 is 47.6. The van der Waals surface area contributed by atoms with E-state index in [9.17, 15) is 18.0 Å². The standard InChI is InChI=1S/C32H38F3N5O2S/c1-36-31(41)22-8-13-28(30(19-22)42-2)37-14-4-5-25-20-26-27(6-3-7-29(26)40(25)21-32(33,34)35)38-23-9-11-24(12-10-23)39-15-17-43-18-16-39/h3,6-8,13,19-20,23-24,37-38H,9-12,14-18,21H2,1-2H3,(H,36,41). The molecular formula is C32H38F3N5O2S. The summed E-state index contributed by atoms with van der Waals surface area (Å²) in [6.07, 6.45) is -0.0398. The Morgan fingerprint density at radius 1 is 1.07 bits per heavy atom. The summed E-state index contributed by atoms with van der Waals surface area (Å²) in [4.78, 5) is 14.6. The Balaban J connectivity index is 1.32. The molecule has 1 saturated carbocycles. The molecule has 2 fully saturated rings. The number of carbonyl (C=O) groups is 1. The molecule has 230 valence electrons. The van der Waals surface area contributed by atoms with Crippen molar-refractivity contribution in [2.24, 2.45) is 0 Å². The van der Waals surface area contributed by atoms with Gasteiger partial charge in [-0.2, -0.15) is 24.9 Å². The van der Waals surface area contributed by atoms with E-state index in [4.69, 9.17) is 4.74 Å². The molecule has 43 heavy (non-hydrogen) atoms. The highest BCUT2D eigenvalue weighted by molar-refractivity contribution is 7.99. The van der Waals surface area contributed by atoms with Crippen LogP contribution in [-0.4, -0.2) is 78.9 Å². The van der Waals surface area contributed by atoms with Crippen LogP contribution in [0.2, 0.25) is 0 Å². The first-order chi connectivity index (χ1) is 20.8. The van der Waals surface area contributed by atoms with Crippen molar-refractivity contribution in [2.75, 3.05) is 55.9 Å². The van der Waals surface area contributed by atoms with Gasteiger partial charge in [0.25, 0.3) is 5.91 Å². The average molecular weight is 614 g/mol. The SMILES string of the molecule is CNC(=O)c1ccc(NCC#Cc2cc3c(NC4CCC(N5CCSCC5)CC4)cccc3n2CC(F)(F)F)c(OC)c1. The van der Waals surface area contributed by atoms with E-state index in [0.29, 0.717) is 34.3 Å². The number of thioether (sulfide) groups is 1. The molecule has 2 heterocycles. The Morgan fingerprint density at radius 2 is 1.84 bits per heavy atom. The van der Waals surface area contributed by atoms with Gasteiger partial charge in [-0.05, 0) is 68.0 Å². The largest absolute Gasteiger partial charge is 0.495 e. The van der Waals surface area contributed by atoms with Crippen LogP contribution in [0.4, 0.5) is 24.5 Å². The minimum absolute atomic E-state index is 0.174. The summed E-state index contributed by atoms with van der Waals surface area (Å²) in [6, 6.07) is 13.1. The number of ether oxygens (including phenoxy) is 1. The number of aromatic nitrogens is 1. The highest BCUT2D eigenvalue weighted by Gasteiger charge is 2.31. The van der Waals surface area contributed by atoms with Gasteiger partial charge in [0.05, 0.1) is 30.6 Å². The van der Waals surface area contributed by atoms with Gasteiger partial charge in [0.2, 0.25) is 0 Å². The van der Waals surface area contributed by atoms with Gasteiger partial charge in [0.15, 0.2) is 0 Å². The fourth-order valence-corrected chi connectivity index (χ4v) is 6.94. The molecule has 0 bridgehead atoms. The number of fused-ring (bicyclic) bond motifs is 1. The Labute approximate surface area is 254 Å². The predicted molar refractivity (Wildman–Crippen MR) is 168 cm³/mol. The lowest BCUT2D eigenvalue weighted by Gasteiger charge is -2.39. The van der Waals surface area contributed by atoms with E-state index in [0.717, 1.165) is 49.8 Å². The first-order valence-corrected chi connectivity index (χ1v) is 15.8. The van der Waals surface area contributed by atoms with Crippen molar-refractivity contribution >= 4 is 39.9 Å². The number of hydrogen-bond acceptors (Lipinski definition) is 6. The lowest BCUT2D eigenvalue weighted by molar-refractivity contribution is -0.140. The monoisotopic (exact) mass is 613 g/mol. The maximum atomic E-state index is 13.7. The molecule has 5 rings (SSSR count). The van der Waals surface area contributed by atoms with Crippen LogP contribution in [0.25, 0.3) is 10.9 Å². The third kappa shape index (κ3) is 7.73. The van der Waals surface area contributed by atoms with E-state index in [2.05, 4.69) is 32.7 Å². The molecule has 1 aliphatic heterocycles. The number of benzene rings is 2. The third-order valence-corrected chi connectivity index (χ3v) is 9.12. The summed E-state index contributed by atoms with van der Waals surface area (Å²) >= 11 is 2.02. The van der Waals surface area contributed by atoms with Crippen LogP contribution in [0.5, 0.6) is 5.75 Å². The first-order valence-electron chi connectivity index (χ1n) is 14.7. The molecule has 1 amide bonds. The van der Waals surface area contributed by atoms with Gasteiger partial charge < -0.3 is 25.3 Å². The molecule has 1 saturated heterocycles. The molecule has 1 aliphatic carbocycles. The van der Waals surface area contributed by atoms with E-state index >= 15 is 0 Å². The second kappa shape index (κ2) is 13.9. The van der Waals surface area contributed by atoms with Crippen LogP contribution in [0, 0.1) is 11.8 Å². The number of nitrogens with one attached hydrogen (secondary N) is 3. The molecule has 11 heteroatoms. The van der Waals surface area contributed by atoms with Crippen molar-refractivity contribution in [3.05, 3.63) is 53.7 Å². The molecule has 0 atom stereocenters. The third-order valence-electron chi connectivity index (χ3n) is 8.18. The van der Waals surface area contributed by atoms with Crippen LogP contribution in [-0.2, 0) is 6.54 Å². The number of hydrogen-bond donors (Lipinski definition) is 3. The minimum atomic E-state index is -4.39. The van der Waals surface area contributed by atoms with Gasteiger partial charge in [-0.15, -0.1) is 0 Å². The fraction of sp³-hybridized carbons (Fsp3) is 0.469. The highest BCUT2D eigenvalue weighted by Crippen LogP contribution is 2.33. The number of carbonyl (C=O) groups excluding carboxylic acids is 1. The van der Waals surface area contributed by atoms with Gasteiger partial charge >= 0.3 is 6.18 Å². The van der Waals surface area contributed by atoms with Gasteiger partial charge in [0.1, 0.15) is 12.3 Å². The predicted octanol–water partition coefficient (Wildman–Crippen LogP) is 5.81. The topological polar surface area (TPSA) is 70.6 Å². The smallest absolute Gasteiger partial charge is 0.406 e. The molecule has 0 spiro atoms. The zero-order chi connectivity index (χ0) is 30.4. The van der Waals surface area contributed by atoms with E-state index in [1.54, 1.807) is 37.4 Å². The summed E-state index contributed by atoms with van der Waals surface area (Å²) in [7, 11) is 3.05. The zero-order valence-electron chi connectivity index (χ0n) is 24.5. The highest BCUT2D eigenvalue weighted by atomic mass is 32.2. The van der Waals surface area contributed by atoms with Crippen molar-refractivity contribution in [1.29, 1.82) is 0 Å². The average Bonchev–Trinajstić information content (AvgIpc) is 3.36. The van der Waals surface area contributed by atoms with Crippen molar-refractivity contribution < 1.29 is 22.7 Å². The second-order valence-corrected chi connectivity index (χ2v) is 12.1. The van der Waals surface area contributed by atoms with Crippen LogP contribution >= 0.6 is 11.8 Å². The van der Waals surface area contributed by atoms with Gasteiger partial charge in [-0.25, -0.2) is 0 Å². The van der Waals surface area contributed by atoms with Crippen molar-refractivity contribution in [3.8, 4) is 17.6 Å². The Morgan fingerprint density at radius 3 is 2.53 bits per heavy atom. The van der Waals surface area contributed by atoms with Crippen molar-refractivity contribution in [1.82, 2.24) is 14.8 Å². The molecule has 2 aromatic carbocycles. The quantitative estimate of drug-likeness (QED) is 0.279. The molecule has 2 aliphatic rings. The van der Waals surface area contributed by atoms with Gasteiger partial charge in [-0.1, -0.05) is 12.0 Å². The molecular weight excluding hydrogens is 575 g/mol. The first kappa shape index (κ1) is 31.0. The molecule has 1 aromatic heterocycles. The van der Waals surface area contributed by atoms with Crippen molar-refractivity contribution in [2.45, 2.75) is 50.5 Å². The number of alkyl halides is 3. The molecule has 3 aromatic rings. The lowest BCUT2D eigenvalue weighted by atomic mass is 9.90. The fourth-order valence-electron chi connectivity index (χ4n) is 6.01. The van der Waals surface area contributed by atoms with Gasteiger partial charge in [0, 0.05) is 60.4 Å². The number of rotatable bonds is 8.